The molecule has 1 aromatic carbocycles. The summed E-state index contributed by atoms with van der Waals surface area (Å²) in [7, 11) is -4.02. The van der Waals surface area contributed by atoms with Gasteiger partial charge in [0.15, 0.2) is 0 Å². The van der Waals surface area contributed by atoms with Crippen molar-refractivity contribution >= 4 is 15.9 Å². The van der Waals surface area contributed by atoms with Crippen LogP contribution < -0.4 is 5.32 Å². The van der Waals surface area contributed by atoms with Crippen molar-refractivity contribution in [1.82, 2.24) is 14.5 Å². The van der Waals surface area contributed by atoms with Crippen molar-refractivity contribution in [3.8, 4) is 0 Å². The lowest BCUT2D eigenvalue weighted by molar-refractivity contribution is -0.137. The molecule has 2 rings (SSSR count). The number of piperazine rings is 1. The number of rotatable bonds is 7. The molecule has 0 spiro atoms. The molecular formula is C18H26F3N3O3S. The van der Waals surface area contributed by atoms with Crippen molar-refractivity contribution in [2.45, 2.75) is 43.8 Å². The normalized spacial score (nSPS) is 18.0. The van der Waals surface area contributed by atoms with Crippen LogP contribution in [0.4, 0.5) is 13.2 Å². The SMILES string of the molecule is CCC[C@H](C)NC(=O)CN1CCN(S(=O)(=O)c2cccc(C(F)(F)F)c2)CC1. The van der Waals surface area contributed by atoms with Crippen LogP contribution >= 0.6 is 0 Å². The number of halogens is 3. The lowest BCUT2D eigenvalue weighted by atomic mass is 10.2. The Hall–Kier alpha value is -1.65. The van der Waals surface area contributed by atoms with Crippen LogP contribution in [-0.4, -0.2) is 62.3 Å². The topological polar surface area (TPSA) is 69.7 Å². The number of amides is 1. The van der Waals surface area contributed by atoms with Crippen LogP contribution in [0.3, 0.4) is 0 Å². The van der Waals surface area contributed by atoms with Crippen molar-refractivity contribution in [2.24, 2.45) is 0 Å². The molecular weight excluding hydrogens is 395 g/mol. The molecule has 1 aliphatic rings. The Morgan fingerprint density at radius 3 is 2.43 bits per heavy atom. The van der Waals surface area contributed by atoms with Gasteiger partial charge in [0.2, 0.25) is 15.9 Å². The molecule has 1 saturated heterocycles. The van der Waals surface area contributed by atoms with Gasteiger partial charge in [-0.15, -0.1) is 0 Å². The van der Waals surface area contributed by atoms with Gasteiger partial charge in [0.05, 0.1) is 17.0 Å². The average molecular weight is 421 g/mol. The monoisotopic (exact) mass is 421 g/mol. The van der Waals surface area contributed by atoms with E-state index in [2.05, 4.69) is 5.32 Å². The molecule has 0 aromatic heterocycles. The van der Waals surface area contributed by atoms with Crippen LogP contribution in [0.1, 0.15) is 32.3 Å². The van der Waals surface area contributed by atoms with Crippen molar-refractivity contribution in [1.29, 1.82) is 0 Å². The Kier molecular flexibility index (Phi) is 7.46. The largest absolute Gasteiger partial charge is 0.416 e. The smallest absolute Gasteiger partial charge is 0.353 e. The van der Waals surface area contributed by atoms with Crippen LogP contribution in [0, 0.1) is 0 Å². The van der Waals surface area contributed by atoms with Gasteiger partial charge in [0, 0.05) is 32.2 Å². The summed E-state index contributed by atoms with van der Waals surface area (Å²) in [6, 6.07) is 3.84. The van der Waals surface area contributed by atoms with E-state index in [4.69, 9.17) is 0 Å². The number of benzene rings is 1. The van der Waals surface area contributed by atoms with Crippen LogP contribution in [0.15, 0.2) is 29.2 Å². The predicted molar refractivity (Wildman–Crippen MR) is 99.2 cm³/mol. The minimum Gasteiger partial charge on any atom is -0.353 e. The molecule has 10 heteroatoms. The van der Waals surface area contributed by atoms with Crippen LogP contribution in [0.5, 0.6) is 0 Å². The Labute approximate surface area is 163 Å². The summed E-state index contributed by atoms with van der Waals surface area (Å²) in [4.78, 5) is 13.5. The summed E-state index contributed by atoms with van der Waals surface area (Å²) in [5.74, 6) is -0.116. The first-order chi connectivity index (χ1) is 13.0. The Morgan fingerprint density at radius 1 is 1.21 bits per heavy atom. The number of nitrogens with zero attached hydrogens (tertiary/aromatic N) is 2. The van der Waals surface area contributed by atoms with Gasteiger partial charge in [-0.3, -0.25) is 9.69 Å². The summed E-state index contributed by atoms with van der Waals surface area (Å²) in [5, 5.41) is 2.90. The number of hydrogen-bond donors (Lipinski definition) is 1. The Bertz CT molecular complexity index is 776. The van der Waals surface area contributed by atoms with Gasteiger partial charge >= 0.3 is 6.18 Å². The summed E-state index contributed by atoms with van der Waals surface area (Å²) < 4.78 is 65.1. The molecule has 0 saturated carbocycles. The highest BCUT2D eigenvalue weighted by Crippen LogP contribution is 2.31. The van der Waals surface area contributed by atoms with E-state index in [1.54, 1.807) is 0 Å². The molecule has 1 N–H and O–H groups in total. The molecule has 0 aliphatic carbocycles. The molecule has 1 atom stereocenters. The van der Waals surface area contributed by atoms with Gasteiger partial charge in [-0.05, 0) is 31.5 Å². The third-order valence-electron chi connectivity index (χ3n) is 4.63. The summed E-state index contributed by atoms with van der Waals surface area (Å²) in [6.45, 7) is 5.06. The lowest BCUT2D eigenvalue weighted by Crippen LogP contribution is -2.51. The maximum atomic E-state index is 12.9. The van der Waals surface area contributed by atoms with E-state index >= 15 is 0 Å². The fraction of sp³-hybridized carbons (Fsp3) is 0.611. The van der Waals surface area contributed by atoms with E-state index in [0.717, 1.165) is 29.3 Å². The molecule has 0 radical (unpaired) electrons. The minimum absolute atomic E-state index is 0.0834. The van der Waals surface area contributed by atoms with Gasteiger partial charge in [-0.2, -0.15) is 17.5 Å². The molecule has 158 valence electrons. The van der Waals surface area contributed by atoms with Crippen molar-refractivity contribution < 1.29 is 26.4 Å². The zero-order valence-corrected chi connectivity index (χ0v) is 16.8. The Balaban J connectivity index is 1.96. The maximum absolute atomic E-state index is 12.9. The van der Waals surface area contributed by atoms with E-state index in [1.807, 2.05) is 18.7 Å². The highest BCUT2D eigenvalue weighted by Gasteiger charge is 2.34. The van der Waals surface area contributed by atoms with Gasteiger partial charge in [-0.1, -0.05) is 19.4 Å². The highest BCUT2D eigenvalue weighted by atomic mass is 32.2. The van der Waals surface area contributed by atoms with E-state index in [1.165, 1.54) is 6.07 Å². The van der Waals surface area contributed by atoms with E-state index in [9.17, 15) is 26.4 Å². The summed E-state index contributed by atoms with van der Waals surface area (Å²) >= 11 is 0. The second-order valence-electron chi connectivity index (χ2n) is 6.96. The number of nitrogens with one attached hydrogen (secondary N) is 1. The summed E-state index contributed by atoms with van der Waals surface area (Å²) in [6.07, 6.45) is -2.76. The Morgan fingerprint density at radius 2 is 1.86 bits per heavy atom. The minimum atomic E-state index is -4.60. The fourth-order valence-corrected chi connectivity index (χ4v) is 4.61. The van der Waals surface area contributed by atoms with Gasteiger partial charge in [0.1, 0.15) is 0 Å². The van der Waals surface area contributed by atoms with Crippen molar-refractivity contribution in [3.05, 3.63) is 29.8 Å². The van der Waals surface area contributed by atoms with E-state index in [-0.39, 0.29) is 36.5 Å². The molecule has 28 heavy (non-hydrogen) atoms. The first kappa shape index (κ1) is 22.6. The first-order valence-electron chi connectivity index (χ1n) is 9.23. The summed E-state index contributed by atoms with van der Waals surface area (Å²) in [5.41, 5.74) is -0.995. The second kappa shape index (κ2) is 9.23. The number of carbonyl (C=O) groups is 1. The third kappa shape index (κ3) is 5.92. The quantitative estimate of drug-likeness (QED) is 0.734. The molecule has 1 amide bonds. The zero-order valence-electron chi connectivity index (χ0n) is 16.0. The second-order valence-corrected chi connectivity index (χ2v) is 8.90. The average Bonchev–Trinajstić information content (AvgIpc) is 2.61. The first-order valence-corrected chi connectivity index (χ1v) is 10.7. The fourth-order valence-electron chi connectivity index (χ4n) is 3.14. The van der Waals surface area contributed by atoms with Gasteiger partial charge in [0.25, 0.3) is 0 Å². The molecule has 1 heterocycles. The zero-order chi connectivity index (χ0) is 20.9. The molecule has 1 aromatic rings. The standard InChI is InChI=1S/C18H26F3N3O3S/c1-3-5-14(2)22-17(25)13-23-8-10-24(11-9-23)28(26,27)16-7-4-6-15(12-16)18(19,20)21/h4,6-7,12,14H,3,5,8-11,13H2,1-2H3,(H,22,25)/t14-/m0/s1. The third-order valence-corrected chi connectivity index (χ3v) is 6.52. The van der Waals surface area contributed by atoms with E-state index in [0.29, 0.717) is 19.2 Å². The van der Waals surface area contributed by atoms with Crippen LogP contribution in [0.2, 0.25) is 0 Å². The van der Waals surface area contributed by atoms with E-state index < -0.39 is 21.8 Å². The predicted octanol–water partition coefficient (Wildman–Crippen LogP) is 2.32. The highest BCUT2D eigenvalue weighted by molar-refractivity contribution is 7.89. The van der Waals surface area contributed by atoms with Crippen LogP contribution in [-0.2, 0) is 21.0 Å². The molecule has 1 fully saturated rings. The number of hydrogen-bond acceptors (Lipinski definition) is 4. The molecule has 1 aliphatic heterocycles. The number of carbonyl (C=O) groups excluding carboxylic acids is 1. The number of sulfonamides is 1. The van der Waals surface area contributed by atoms with Crippen molar-refractivity contribution in [3.63, 3.8) is 0 Å². The lowest BCUT2D eigenvalue weighted by Gasteiger charge is -2.33. The van der Waals surface area contributed by atoms with Crippen molar-refractivity contribution in [2.75, 3.05) is 32.7 Å². The molecule has 6 nitrogen and oxygen atoms in total. The molecule has 0 unspecified atom stereocenters. The van der Waals surface area contributed by atoms with Crippen LogP contribution in [0.25, 0.3) is 0 Å². The number of alkyl halides is 3. The van der Waals surface area contributed by atoms with Gasteiger partial charge < -0.3 is 5.32 Å². The van der Waals surface area contributed by atoms with Gasteiger partial charge in [-0.25, -0.2) is 8.42 Å². The molecule has 0 bridgehead atoms. The maximum Gasteiger partial charge on any atom is 0.416 e.